The summed E-state index contributed by atoms with van der Waals surface area (Å²) in [4.78, 5) is 15.9. The summed E-state index contributed by atoms with van der Waals surface area (Å²) in [5, 5.41) is 6.53. The first-order chi connectivity index (χ1) is 12.3. The summed E-state index contributed by atoms with van der Waals surface area (Å²) in [7, 11) is -3.70. The minimum absolute atomic E-state index is 0.107. The predicted molar refractivity (Wildman–Crippen MR) is 94.5 cm³/mol. The summed E-state index contributed by atoms with van der Waals surface area (Å²) in [5.74, 6) is 0.432. The molecule has 0 saturated heterocycles. The van der Waals surface area contributed by atoms with E-state index in [4.69, 9.17) is 10.3 Å². The van der Waals surface area contributed by atoms with Gasteiger partial charge in [-0.25, -0.2) is 13.1 Å². The lowest BCUT2D eigenvalue weighted by molar-refractivity contribution is -0.119. The first kappa shape index (κ1) is 19.0. The predicted octanol–water partition coefficient (Wildman–Crippen LogP) is 0.974. The van der Waals surface area contributed by atoms with Crippen LogP contribution in [0.3, 0.4) is 0 Å². The molecule has 2 heterocycles. The number of nitrogens with zero attached hydrogens (tertiary/aromatic N) is 2. The molecule has 0 aliphatic heterocycles. The van der Waals surface area contributed by atoms with Crippen molar-refractivity contribution >= 4 is 27.3 Å². The van der Waals surface area contributed by atoms with Crippen LogP contribution in [-0.2, 0) is 33.4 Å². The highest BCUT2D eigenvalue weighted by molar-refractivity contribution is 7.91. The zero-order chi connectivity index (χ0) is 18.8. The van der Waals surface area contributed by atoms with Crippen LogP contribution < -0.4 is 15.8 Å². The lowest BCUT2D eigenvalue weighted by Crippen LogP contribution is -2.34. The van der Waals surface area contributed by atoms with Gasteiger partial charge >= 0.3 is 0 Å². The summed E-state index contributed by atoms with van der Waals surface area (Å²) in [5.41, 5.74) is 5.69. The van der Waals surface area contributed by atoms with Crippen molar-refractivity contribution < 1.29 is 17.7 Å². The van der Waals surface area contributed by atoms with Gasteiger partial charge in [-0.15, -0.1) is 11.3 Å². The van der Waals surface area contributed by atoms with Gasteiger partial charge in [0, 0.05) is 11.8 Å². The van der Waals surface area contributed by atoms with E-state index in [0.29, 0.717) is 12.4 Å². The van der Waals surface area contributed by atoms with Gasteiger partial charge in [0.1, 0.15) is 4.21 Å². The van der Waals surface area contributed by atoms with Crippen molar-refractivity contribution in [3.05, 3.63) is 28.7 Å². The van der Waals surface area contributed by atoms with Gasteiger partial charge in [-0.1, -0.05) is 18.0 Å². The highest BCUT2D eigenvalue weighted by Gasteiger charge is 2.36. The molecule has 26 heavy (non-hydrogen) atoms. The minimum Gasteiger partial charge on any atom is -0.351 e. The summed E-state index contributed by atoms with van der Waals surface area (Å²) in [6.07, 6.45) is 3.63. The van der Waals surface area contributed by atoms with Crippen molar-refractivity contribution in [1.29, 1.82) is 0 Å². The van der Waals surface area contributed by atoms with Gasteiger partial charge in [0.05, 0.1) is 18.6 Å². The zero-order valence-electron chi connectivity index (χ0n) is 14.3. The molecule has 0 bridgehead atoms. The molecule has 1 aliphatic rings. The van der Waals surface area contributed by atoms with E-state index in [0.717, 1.165) is 41.9 Å². The van der Waals surface area contributed by atoms with Crippen molar-refractivity contribution in [2.45, 2.75) is 55.4 Å². The Balaban J connectivity index is 1.62. The number of hydrogen-bond acceptors (Lipinski definition) is 8. The summed E-state index contributed by atoms with van der Waals surface area (Å²) >= 11 is 1.09. The van der Waals surface area contributed by atoms with E-state index in [1.165, 1.54) is 13.0 Å². The Labute approximate surface area is 155 Å². The molecule has 1 aliphatic carbocycles. The Kier molecular flexibility index (Phi) is 5.42. The van der Waals surface area contributed by atoms with E-state index >= 15 is 0 Å². The van der Waals surface area contributed by atoms with Crippen LogP contribution in [0.4, 0.5) is 0 Å². The molecule has 9 nitrogen and oxygen atoms in total. The molecule has 0 spiro atoms. The van der Waals surface area contributed by atoms with Gasteiger partial charge in [0.25, 0.3) is 10.0 Å². The molecule has 1 saturated carbocycles. The maximum atomic E-state index is 12.4. The van der Waals surface area contributed by atoms with E-state index in [9.17, 15) is 13.2 Å². The quantitative estimate of drug-likeness (QED) is 0.630. The van der Waals surface area contributed by atoms with Crippen LogP contribution in [0, 0.1) is 0 Å². The van der Waals surface area contributed by atoms with E-state index in [1.54, 1.807) is 6.07 Å². The lowest BCUT2D eigenvalue weighted by atomic mass is 9.99. The smallest absolute Gasteiger partial charge is 0.250 e. The second-order valence-corrected chi connectivity index (χ2v) is 9.49. The number of thiophene rings is 1. The zero-order valence-corrected chi connectivity index (χ0v) is 16.0. The molecule has 4 N–H and O–H groups in total. The van der Waals surface area contributed by atoms with E-state index in [1.807, 2.05) is 0 Å². The summed E-state index contributed by atoms with van der Waals surface area (Å²) < 4.78 is 32.5. The van der Waals surface area contributed by atoms with Crippen LogP contribution in [-0.4, -0.2) is 24.5 Å². The first-order valence-corrected chi connectivity index (χ1v) is 10.5. The Morgan fingerprint density at radius 3 is 2.77 bits per heavy atom. The average molecular weight is 399 g/mol. The summed E-state index contributed by atoms with van der Waals surface area (Å²) in [6.45, 7) is 1.59. The normalized spacial score (nSPS) is 16.7. The SMILES string of the molecule is CC(=O)NCc1ccc(S(=O)(=O)NCc2nc(C3(N)CCCC3)no2)s1. The van der Waals surface area contributed by atoms with Crippen molar-refractivity contribution in [2.24, 2.45) is 5.73 Å². The Morgan fingerprint density at radius 2 is 2.08 bits per heavy atom. The van der Waals surface area contributed by atoms with Gasteiger partial charge in [0.2, 0.25) is 11.8 Å². The molecule has 11 heteroatoms. The third kappa shape index (κ3) is 4.29. The highest BCUT2D eigenvalue weighted by Crippen LogP contribution is 2.34. The molecule has 0 aromatic carbocycles. The van der Waals surface area contributed by atoms with Crippen LogP contribution in [0.2, 0.25) is 0 Å². The Hall–Kier alpha value is -1.82. The van der Waals surface area contributed by atoms with Gasteiger partial charge < -0.3 is 15.6 Å². The highest BCUT2D eigenvalue weighted by atomic mass is 32.2. The van der Waals surface area contributed by atoms with Gasteiger partial charge in [-0.3, -0.25) is 4.79 Å². The average Bonchev–Trinajstić information content (AvgIpc) is 3.32. The maximum absolute atomic E-state index is 12.4. The molecule has 2 aromatic heterocycles. The topological polar surface area (TPSA) is 140 Å². The summed E-state index contributed by atoms with van der Waals surface area (Å²) in [6, 6.07) is 3.16. The molecule has 0 radical (unpaired) electrons. The number of sulfonamides is 1. The van der Waals surface area contributed by atoms with Crippen molar-refractivity contribution in [3.8, 4) is 0 Å². The number of carbonyl (C=O) groups excluding carboxylic acids is 1. The van der Waals surface area contributed by atoms with Crippen LogP contribution in [0.5, 0.6) is 0 Å². The molecule has 142 valence electrons. The molecule has 3 rings (SSSR count). The lowest BCUT2D eigenvalue weighted by Gasteiger charge is -2.17. The number of nitrogens with one attached hydrogen (secondary N) is 2. The van der Waals surface area contributed by atoms with Crippen molar-refractivity contribution in [3.63, 3.8) is 0 Å². The number of hydrogen-bond donors (Lipinski definition) is 3. The number of carbonyl (C=O) groups is 1. The third-order valence-electron chi connectivity index (χ3n) is 4.24. The largest absolute Gasteiger partial charge is 0.351 e. The number of amides is 1. The van der Waals surface area contributed by atoms with Crippen LogP contribution in [0.1, 0.15) is 49.2 Å². The van der Waals surface area contributed by atoms with Crippen LogP contribution in [0.25, 0.3) is 0 Å². The van der Waals surface area contributed by atoms with Gasteiger partial charge in [-0.2, -0.15) is 4.98 Å². The van der Waals surface area contributed by atoms with Crippen molar-refractivity contribution in [1.82, 2.24) is 20.2 Å². The second kappa shape index (κ2) is 7.43. The second-order valence-electron chi connectivity index (χ2n) is 6.33. The van der Waals surface area contributed by atoms with E-state index < -0.39 is 15.6 Å². The molecular weight excluding hydrogens is 378 g/mol. The fourth-order valence-corrected chi connectivity index (χ4v) is 5.11. The van der Waals surface area contributed by atoms with Crippen LogP contribution in [0.15, 0.2) is 20.9 Å². The number of nitrogens with two attached hydrogens (primary N) is 1. The number of aromatic nitrogens is 2. The fourth-order valence-electron chi connectivity index (χ4n) is 2.80. The standard InChI is InChI=1S/C15H21N5O4S2/c1-10(21)17-8-11-4-5-13(25-11)26(22,23)18-9-12-19-14(20-24-12)15(16)6-2-3-7-15/h4-5,18H,2-3,6-9,16H2,1H3,(H,17,21). The fraction of sp³-hybridized carbons (Fsp3) is 0.533. The van der Waals surface area contributed by atoms with Crippen LogP contribution >= 0.6 is 11.3 Å². The van der Waals surface area contributed by atoms with Gasteiger partial charge in [-0.05, 0) is 25.0 Å². The van der Waals surface area contributed by atoms with Crippen molar-refractivity contribution in [2.75, 3.05) is 0 Å². The molecular formula is C15H21N5O4S2. The molecule has 2 aromatic rings. The first-order valence-electron chi connectivity index (χ1n) is 8.23. The third-order valence-corrected chi connectivity index (χ3v) is 7.21. The molecule has 1 fully saturated rings. The molecule has 1 amide bonds. The Bertz CT molecular complexity index is 883. The Morgan fingerprint density at radius 1 is 1.35 bits per heavy atom. The molecule has 0 atom stereocenters. The maximum Gasteiger partial charge on any atom is 0.250 e. The van der Waals surface area contributed by atoms with E-state index in [2.05, 4.69) is 20.2 Å². The monoisotopic (exact) mass is 399 g/mol. The molecule has 0 unspecified atom stereocenters. The number of rotatable bonds is 7. The van der Waals surface area contributed by atoms with Gasteiger partial charge in [0.15, 0.2) is 5.82 Å². The minimum atomic E-state index is -3.70. The van der Waals surface area contributed by atoms with E-state index in [-0.39, 0.29) is 22.6 Å².